The van der Waals surface area contributed by atoms with Crippen LogP contribution >= 0.6 is 23.2 Å². The van der Waals surface area contributed by atoms with Crippen molar-refractivity contribution >= 4 is 46.0 Å². The smallest absolute Gasteiger partial charge is 0.243 e. The lowest BCUT2D eigenvalue weighted by Crippen LogP contribution is -2.52. The first-order valence-electron chi connectivity index (χ1n) is 10.6. The highest BCUT2D eigenvalue weighted by molar-refractivity contribution is 6.41. The fourth-order valence-electron chi connectivity index (χ4n) is 3.86. The lowest BCUT2D eigenvalue weighted by Gasteiger charge is -2.32. The molecule has 10 heteroatoms. The van der Waals surface area contributed by atoms with Crippen molar-refractivity contribution in [1.82, 2.24) is 15.3 Å². The number of nitrogens with zero attached hydrogens (tertiary/aromatic N) is 2. The number of hydrogen-bond donors (Lipinski definition) is 2. The Morgan fingerprint density at radius 3 is 2.59 bits per heavy atom. The van der Waals surface area contributed by atoms with E-state index >= 15 is 0 Å². The normalized spacial score (nSPS) is 17.8. The lowest BCUT2D eigenvalue weighted by atomic mass is 10.0. The van der Waals surface area contributed by atoms with Crippen molar-refractivity contribution in [3.8, 4) is 22.6 Å². The highest BCUT2D eigenvalue weighted by Crippen LogP contribution is 2.46. The van der Waals surface area contributed by atoms with Gasteiger partial charge in [-0.1, -0.05) is 35.8 Å². The molecule has 2 aromatic carbocycles. The fourth-order valence-corrected chi connectivity index (χ4v) is 4.58. The van der Waals surface area contributed by atoms with E-state index < -0.39 is 0 Å². The molecule has 178 valence electrons. The molecule has 0 aliphatic carbocycles. The van der Waals surface area contributed by atoms with Crippen LogP contribution in [0.3, 0.4) is 0 Å². The molecule has 1 aliphatic rings. The minimum Gasteiger partial charge on any atom is -0.495 e. The van der Waals surface area contributed by atoms with Crippen LogP contribution in [0.4, 0.5) is 5.95 Å². The van der Waals surface area contributed by atoms with E-state index in [4.69, 9.17) is 37.4 Å². The standard InChI is InChI=1S/C24H24Cl2N4O4/c1-4-20(31)28-16-7-8-34-12-17(16)30-24-27-11-14-9-13(5-6-15(14)29-24)21-22(25)18(32-2)10-19(33-3)23(21)26/h4-6,9-11,16-17H,1,7-8,12H2,2-3H3,(H,28,31)(H,27,29,30)/t16-,17+/m1/s1. The van der Waals surface area contributed by atoms with Crippen molar-refractivity contribution < 1.29 is 19.0 Å². The third kappa shape index (κ3) is 4.89. The van der Waals surface area contributed by atoms with Gasteiger partial charge in [0.05, 0.1) is 48.5 Å². The number of aromatic nitrogens is 2. The van der Waals surface area contributed by atoms with Gasteiger partial charge in [0.15, 0.2) is 0 Å². The zero-order valence-corrected chi connectivity index (χ0v) is 20.2. The number of carbonyl (C=O) groups excluding carboxylic acids is 1. The van der Waals surface area contributed by atoms with Crippen molar-refractivity contribution in [3.05, 3.63) is 53.2 Å². The lowest BCUT2D eigenvalue weighted by molar-refractivity contribution is -0.117. The Bertz CT molecular complexity index is 1210. The number of rotatable bonds is 7. The average Bonchev–Trinajstić information content (AvgIpc) is 2.85. The largest absolute Gasteiger partial charge is 0.495 e. The summed E-state index contributed by atoms with van der Waals surface area (Å²) in [5.74, 6) is 1.13. The van der Waals surface area contributed by atoms with Gasteiger partial charge in [0, 0.05) is 29.8 Å². The van der Waals surface area contributed by atoms with Crippen molar-refractivity contribution in [2.24, 2.45) is 0 Å². The maximum Gasteiger partial charge on any atom is 0.243 e. The third-order valence-corrected chi connectivity index (χ3v) is 6.38. The number of fused-ring (bicyclic) bond motifs is 1. The summed E-state index contributed by atoms with van der Waals surface area (Å²) >= 11 is 13.1. The second kappa shape index (κ2) is 10.5. The van der Waals surface area contributed by atoms with E-state index in [1.807, 2.05) is 18.2 Å². The fraction of sp³-hybridized carbons (Fsp3) is 0.292. The van der Waals surface area contributed by atoms with E-state index in [1.54, 1.807) is 12.3 Å². The number of anilines is 1. The van der Waals surface area contributed by atoms with Crippen LogP contribution in [0.2, 0.25) is 10.0 Å². The predicted octanol–water partition coefficient (Wildman–Crippen LogP) is 4.49. The Morgan fingerprint density at radius 2 is 1.91 bits per heavy atom. The first-order chi connectivity index (χ1) is 16.4. The average molecular weight is 503 g/mol. The summed E-state index contributed by atoms with van der Waals surface area (Å²) in [5.41, 5.74) is 2.10. The molecule has 34 heavy (non-hydrogen) atoms. The van der Waals surface area contributed by atoms with Gasteiger partial charge in [-0.15, -0.1) is 0 Å². The highest BCUT2D eigenvalue weighted by Gasteiger charge is 2.27. The minimum absolute atomic E-state index is 0.117. The first kappa shape index (κ1) is 24.1. The first-order valence-corrected chi connectivity index (χ1v) is 11.3. The number of ether oxygens (including phenoxy) is 3. The molecule has 0 radical (unpaired) electrons. The van der Waals surface area contributed by atoms with E-state index in [-0.39, 0.29) is 18.0 Å². The Kier molecular flexibility index (Phi) is 7.41. The quantitative estimate of drug-likeness (QED) is 0.459. The summed E-state index contributed by atoms with van der Waals surface area (Å²) < 4.78 is 16.3. The maximum absolute atomic E-state index is 11.8. The van der Waals surface area contributed by atoms with E-state index in [0.717, 1.165) is 16.5 Å². The molecule has 2 atom stereocenters. The van der Waals surface area contributed by atoms with Crippen molar-refractivity contribution in [2.75, 3.05) is 32.8 Å². The number of nitrogens with one attached hydrogen (secondary N) is 2. The molecule has 1 saturated heterocycles. The third-order valence-electron chi connectivity index (χ3n) is 5.63. The zero-order chi connectivity index (χ0) is 24.2. The van der Waals surface area contributed by atoms with Crippen LogP contribution in [0.25, 0.3) is 22.0 Å². The molecule has 4 rings (SSSR count). The zero-order valence-electron chi connectivity index (χ0n) is 18.7. The number of benzene rings is 2. The van der Waals surface area contributed by atoms with Crippen LogP contribution in [0, 0.1) is 0 Å². The second-order valence-electron chi connectivity index (χ2n) is 7.68. The van der Waals surface area contributed by atoms with Crippen LogP contribution < -0.4 is 20.1 Å². The van der Waals surface area contributed by atoms with Gasteiger partial charge in [0.25, 0.3) is 0 Å². The molecule has 1 amide bonds. The molecule has 1 fully saturated rings. The van der Waals surface area contributed by atoms with Gasteiger partial charge in [-0.2, -0.15) is 0 Å². The van der Waals surface area contributed by atoms with Crippen molar-refractivity contribution in [1.29, 1.82) is 0 Å². The van der Waals surface area contributed by atoms with Crippen LogP contribution in [0.15, 0.2) is 43.1 Å². The number of amides is 1. The molecule has 2 heterocycles. The van der Waals surface area contributed by atoms with Crippen LogP contribution in [0.1, 0.15) is 6.42 Å². The van der Waals surface area contributed by atoms with Gasteiger partial charge in [-0.3, -0.25) is 4.79 Å². The Morgan fingerprint density at radius 1 is 1.18 bits per heavy atom. The number of methoxy groups -OCH3 is 2. The maximum atomic E-state index is 11.8. The number of carbonyl (C=O) groups is 1. The topological polar surface area (TPSA) is 94.6 Å². The summed E-state index contributed by atoms with van der Waals surface area (Å²) in [4.78, 5) is 20.8. The van der Waals surface area contributed by atoms with Crippen molar-refractivity contribution in [3.63, 3.8) is 0 Å². The monoisotopic (exact) mass is 502 g/mol. The van der Waals surface area contributed by atoms with Gasteiger partial charge in [0.1, 0.15) is 11.5 Å². The SMILES string of the molecule is C=CC(=O)N[C@@H]1CCOC[C@@H]1Nc1ncc2cc(-c3c(Cl)c(OC)cc(OC)c3Cl)ccc2n1. The molecule has 0 bridgehead atoms. The van der Waals surface area contributed by atoms with Crippen LogP contribution in [-0.2, 0) is 9.53 Å². The summed E-state index contributed by atoms with van der Waals surface area (Å²) in [6, 6.07) is 7.01. The molecule has 0 saturated carbocycles. The molecule has 1 aromatic heterocycles. The summed E-state index contributed by atoms with van der Waals surface area (Å²) in [6.45, 7) is 4.51. The molecule has 2 N–H and O–H groups in total. The van der Waals surface area contributed by atoms with Gasteiger partial charge in [0.2, 0.25) is 11.9 Å². The Hall–Kier alpha value is -3.07. The van der Waals surface area contributed by atoms with Crippen LogP contribution in [-0.4, -0.2) is 55.4 Å². The predicted molar refractivity (Wildman–Crippen MR) is 133 cm³/mol. The van der Waals surface area contributed by atoms with Gasteiger partial charge in [-0.25, -0.2) is 9.97 Å². The molecule has 8 nitrogen and oxygen atoms in total. The Balaban J connectivity index is 1.63. The van der Waals surface area contributed by atoms with Gasteiger partial charge < -0.3 is 24.8 Å². The minimum atomic E-state index is -0.225. The molecule has 3 aromatic rings. The van der Waals surface area contributed by atoms with E-state index in [1.165, 1.54) is 20.3 Å². The number of hydrogen-bond acceptors (Lipinski definition) is 7. The summed E-state index contributed by atoms with van der Waals surface area (Å²) in [6.07, 6.45) is 3.65. The molecule has 1 aliphatic heterocycles. The van der Waals surface area contributed by atoms with Gasteiger partial charge >= 0.3 is 0 Å². The molecule has 0 spiro atoms. The van der Waals surface area contributed by atoms with Crippen LogP contribution in [0.5, 0.6) is 11.5 Å². The molecule has 0 unspecified atom stereocenters. The molecular weight excluding hydrogens is 479 g/mol. The van der Waals surface area contributed by atoms with E-state index in [9.17, 15) is 4.79 Å². The Labute approximate surface area is 207 Å². The van der Waals surface area contributed by atoms with E-state index in [0.29, 0.717) is 52.7 Å². The number of halogens is 2. The molecular formula is C24H24Cl2N4O4. The highest BCUT2D eigenvalue weighted by atomic mass is 35.5. The summed E-state index contributed by atoms with van der Waals surface area (Å²) in [7, 11) is 3.07. The van der Waals surface area contributed by atoms with Crippen molar-refractivity contribution in [2.45, 2.75) is 18.5 Å². The van der Waals surface area contributed by atoms with Gasteiger partial charge in [-0.05, 0) is 30.2 Å². The summed E-state index contributed by atoms with van der Waals surface area (Å²) in [5, 5.41) is 7.78. The second-order valence-corrected chi connectivity index (χ2v) is 8.44. The van der Waals surface area contributed by atoms with E-state index in [2.05, 4.69) is 27.2 Å².